The number of benzene rings is 1. The predicted molar refractivity (Wildman–Crippen MR) is 81.9 cm³/mol. The van der Waals surface area contributed by atoms with Gasteiger partial charge in [-0.05, 0) is 43.2 Å². The number of thioether (sulfide) groups is 1. The van der Waals surface area contributed by atoms with Gasteiger partial charge in [-0.3, -0.25) is 9.69 Å². The molecule has 19 heavy (non-hydrogen) atoms. The van der Waals surface area contributed by atoms with Crippen molar-refractivity contribution in [2.45, 2.75) is 25.2 Å². The maximum absolute atomic E-state index is 12.2. The molecule has 0 radical (unpaired) electrons. The molecule has 1 fully saturated rings. The number of nitrogens with zero attached hydrogens (tertiary/aromatic N) is 1. The number of hydrogen-bond donors (Lipinski definition) is 0. The fourth-order valence-electron chi connectivity index (χ4n) is 2.62. The highest BCUT2D eigenvalue weighted by atomic mass is 32.2. The van der Waals surface area contributed by atoms with Gasteiger partial charge in [0.2, 0.25) is 0 Å². The summed E-state index contributed by atoms with van der Waals surface area (Å²) in [7, 11) is 0. The van der Waals surface area contributed by atoms with Crippen molar-refractivity contribution >= 4 is 17.5 Å². The third-order valence-corrected chi connectivity index (χ3v) is 4.77. The molecule has 1 atom stereocenters. The van der Waals surface area contributed by atoms with E-state index in [2.05, 4.69) is 18.7 Å². The third-order valence-electron chi connectivity index (χ3n) is 4.03. The zero-order valence-corrected chi connectivity index (χ0v) is 12.9. The molecule has 0 spiro atoms. The first-order valence-electron chi connectivity index (χ1n) is 6.99. The molecule has 1 unspecified atom stereocenters. The van der Waals surface area contributed by atoms with Crippen LogP contribution in [0, 0.1) is 11.8 Å². The van der Waals surface area contributed by atoms with Gasteiger partial charge in [-0.1, -0.05) is 26.0 Å². The van der Waals surface area contributed by atoms with Crippen molar-refractivity contribution in [3.63, 3.8) is 0 Å². The summed E-state index contributed by atoms with van der Waals surface area (Å²) in [6.45, 7) is 7.26. The minimum Gasteiger partial charge on any atom is -0.296 e. The average molecular weight is 277 g/mol. The first-order chi connectivity index (χ1) is 9.10. The van der Waals surface area contributed by atoms with Gasteiger partial charge in [0, 0.05) is 17.0 Å². The van der Waals surface area contributed by atoms with Gasteiger partial charge in [0.15, 0.2) is 5.78 Å². The Morgan fingerprint density at radius 3 is 2.58 bits per heavy atom. The van der Waals surface area contributed by atoms with Crippen molar-refractivity contribution in [2.75, 3.05) is 25.9 Å². The van der Waals surface area contributed by atoms with E-state index in [9.17, 15) is 4.79 Å². The lowest BCUT2D eigenvalue weighted by Crippen LogP contribution is -2.28. The van der Waals surface area contributed by atoms with Crippen LogP contribution in [0.15, 0.2) is 29.2 Å². The van der Waals surface area contributed by atoms with Crippen LogP contribution in [-0.2, 0) is 0 Å². The molecular weight excluding hydrogens is 254 g/mol. The van der Waals surface area contributed by atoms with Crippen molar-refractivity contribution in [2.24, 2.45) is 11.8 Å². The summed E-state index contributed by atoms with van der Waals surface area (Å²) in [5.41, 5.74) is 0.839. The topological polar surface area (TPSA) is 20.3 Å². The van der Waals surface area contributed by atoms with E-state index in [1.165, 1.54) is 11.3 Å². The van der Waals surface area contributed by atoms with E-state index in [0.717, 1.165) is 30.5 Å². The van der Waals surface area contributed by atoms with E-state index in [1.807, 2.05) is 30.5 Å². The summed E-state index contributed by atoms with van der Waals surface area (Å²) >= 11 is 1.70. The summed E-state index contributed by atoms with van der Waals surface area (Å²) in [4.78, 5) is 15.7. The van der Waals surface area contributed by atoms with Gasteiger partial charge in [-0.25, -0.2) is 0 Å². The van der Waals surface area contributed by atoms with Gasteiger partial charge < -0.3 is 0 Å². The molecule has 1 aromatic rings. The van der Waals surface area contributed by atoms with E-state index >= 15 is 0 Å². The second-order valence-corrected chi connectivity index (χ2v) is 6.56. The van der Waals surface area contributed by atoms with Crippen LogP contribution in [0.5, 0.6) is 0 Å². The van der Waals surface area contributed by atoms with E-state index in [4.69, 9.17) is 0 Å². The largest absolute Gasteiger partial charge is 0.296 e. The fourth-order valence-corrected chi connectivity index (χ4v) is 3.03. The van der Waals surface area contributed by atoms with Gasteiger partial charge >= 0.3 is 0 Å². The van der Waals surface area contributed by atoms with Crippen molar-refractivity contribution in [1.29, 1.82) is 0 Å². The number of rotatable bonds is 5. The van der Waals surface area contributed by atoms with Crippen molar-refractivity contribution in [3.8, 4) is 0 Å². The number of carbonyl (C=O) groups is 1. The lowest BCUT2D eigenvalue weighted by molar-refractivity contribution is 0.0942. The lowest BCUT2D eigenvalue weighted by Gasteiger charge is -2.17. The van der Waals surface area contributed by atoms with Gasteiger partial charge in [-0.15, -0.1) is 11.8 Å². The first kappa shape index (κ1) is 14.6. The summed E-state index contributed by atoms with van der Waals surface area (Å²) in [6, 6.07) is 7.95. The SMILES string of the molecule is CSc1ccc(C(=O)CN2CCC(C(C)C)C2)cc1. The van der Waals surface area contributed by atoms with Crippen LogP contribution in [-0.4, -0.2) is 36.6 Å². The molecule has 1 aliphatic heterocycles. The minimum atomic E-state index is 0.247. The summed E-state index contributed by atoms with van der Waals surface area (Å²) in [5, 5.41) is 0. The zero-order chi connectivity index (χ0) is 13.8. The van der Waals surface area contributed by atoms with Crippen LogP contribution < -0.4 is 0 Å². The monoisotopic (exact) mass is 277 g/mol. The van der Waals surface area contributed by atoms with E-state index in [-0.39, 0.29) is 5.78 Å². The second-order valence-electron chi connectivity index (χ2n) is 5.68. The number of Topliss-reactive ketones (excluding diaryl/α,β-unsaturated/α-hetero) is 1. The highest BCUT2D eigenvalue weighted by Crippen LogP contribution is 2.23. The minimum absolute atomic E-state index is 0.247. The molecule has 2 nitrogen and oxygen atoms in total. The standard InChI is InChI=1S/C16H23NOS/c1-12(2)14-8-9-17(10-14)11-16(18)13-4-6-15(19-3)7-5-13/h4-7,12,14H,8-11H2,1-3H3. The quantitative estimate of drug-likeness (QED) is 0.606. The number of carbonyl (C=O) groups excluding carboxylic acids is 1. The molecule has 1 aromatic carbocycles. The molecule has 3 heteroatoms. The second kappa shape index (κ2) is 6.58. The number of likely N-dealkylation sites (tertiary alicyclic amines) is 1. The van der Waals surface area contributed by atoms with Crippen LogP contribution in [0.1, 0.15) is 30.6 Å². The van der Waals surface area contributed by atoms with Crippen LogP contribution >= 0.6 is 11.8 Å². The fraction of sp³-hybridized carbons (Fsp3) is 0.562. The molecule has 2 rings (SSSR count). The van der Waals surface area contributed by atoms with Crippen LogP contribution in [0.4, 0.5) is 0 Å². The molecule has 0 N–H and O–H groups in total. The molecule has 104 valence electrons. The van der Waals surface area contributed by atoms with Crippen molar-refractivity contribution in [1.82, 2.24) is 4.90 Å². The summed E-state index contributed by atoms with van der Waals surface area (Å²) < 4.78 is 0. The molecule has 1 saturated heterocycles. The number of ketones is 1. The van der Waals surface area contributed by atoms with Crippen LogP contribution in [0.25, 0.3) is 0 Å². The number of hydrogen-bond acceptors (Lipinski definition) is 3. The zero-order valence-electron chi connectivity index (χ0n) is 12.1. The molecule has 0 bridgehead atoms. The molecule has 0 aliphatic carbocycles. The smallest absolute Gasteiger partial charge is 0.176 e. The molecule has 0 aromatic heterocycles. The Labute approximate surface area is 120 Å². The van der Waals surface area contributed by atoms with E-state index in [1.54, 1.807) is 11.8 Å². The maximum Gasteiger partial charge on any atom is 0.176 e. The van der Waals surface area contributed by atoms with Crippen LogP contribution in [0.2, 0.25) is 0 Å². The molecular formula is C16H23NOS. The van der Waals surface area contributed by atoms with E-state index in [0.29, 0.717) is 6.54 Å². The molecule has 0 saturated carbocycles. The Morgan fingerprint density at radius 2 is 2.05 bits per heavy atom. The highest BCUT2D eigenvalue weighted by Gasteiger charge is 2.26. The Kier molecular flexibility index (Phi) is 5.06. The Morgan fingerprint density at radius 1 is 1.37 bits per heavy atom. The first-order valence-corrected chi connectivity index (χ1v) is 8.22. The molecule has 1 heterocycles. The Balaban J connectivity index is 1.90. The highest BCUT2D eigenvalue weighted by molar-refractivity contribution is 7.98. The Bertz CT molecular complexity index is 427. The lowest BCUT2D eigenvalue weighted by atomic mass is 9.95. The average Bonchev–Trinajstić information content (AvgIpc) is 2.87. The van der Waals surface area contributed by atoms with Crippen molar-refractivity contribution in [3.05, 3.63) is 29.8 Å². The van der Waals surface area contributed by atoms with Crippen LogP contribution in [0.3, 0.4) is 0 Å². The van der Waals surface area contributed by atoms with E-state index < -0.39 is 0 Å². The summed E-state index contributed by atoms with van der Waals surface area (Å²) in [6.07, 6.45) is 3.28. The predicted octanol–water partition coefficient (Wildman–Crippen LogP) is 3.57. The van der Waals surface area contributed by atoms with Gasteiger partial charge in [0.25, 0.3) is 0 Å². The van der Waals surface area contributed by atoms with Gasteiger partial charge in [-0.2, -0.15) is 0 Å². The van der Waals surface area contributed by atoms with Gasteiger partial charge in [0.1, 0.15) is 0 Å². The van der Waals surface area contributed by atoms with Gasteiger partial charge in [0.05, 0.1) is 6.54 Å². The maximum atomic E-state index is 12.2. The molecule has 0 amide bonds. The third kappa shape index (κ3) is 3.83. The normalized spacial score (nSPS) is 20.1. The van der Waals surface area contributed by atoms with Crippen molar-refractivity contribution < 1.29 is 4.79 Å². The Hall–Kier alpha value is -0.800. The summed E-state index contributed by atoms with van der Waals surface area (Å²) in [5.74, 6) is 1.73. The molecule has 1 aliphatic rings.